The molecule has 2 fully saturated rings. The third kappa shape index (κ3) is 3.59. The standard InChI is InChI=1S/C18H26FN3O/c1-2-20-17(21-12-14-5-6-16(23)15(19)11-14)22-10-9-18(13-22)7-3-4-8-18/h5-6,11,23H,2-4,7-10,12-13H2,1H3,(H,20,21). The first-order valence-corrected chi connectivity index (χ1v) is 8.62. The van der Waals surface area contributed by atoms with Gasteiger partial charge >= 0.3 is 0 Å². The van der Waals surface area contributed by atoms with E-state index in [1.54, 1.807) is 6.07 Å². The van der Waals surface area contributed by atoms with Crippen molar-refractivity contribution in [3.63, 3.8) is 0 Å². The van der Waals surface area contributed by atoms with Crippen LogP contribution in [0.1, 0.15) is 44.6 Å². The van der Waals surface area contributed by atoms with Gasteiger partial charge < -0.3 is 15.3 Å². The number of rotatable bonds is 3. The lowest BCUT2D eigenvalue weighted by Crippen LogP contribution is -2.41. The topological polar surface area (TPSA) is 47.9 Å². The molecule has 0 unspecified atom stereocenters. The van der Waals surface area contributed by atoms with E-state index in [2.05, 4.69) is 22.1 Å². The Labute approximate surface area is 137 Å². The molecule has 0 bridgehead atoms. The number of hydrogen-bond donors (Lipinski definition) is 2. The van der Waals surface area contributed by atoms with Crippen LogP contribution in [0.3, 0.4) is 0 Å². The predicted octanol–water partition coefficient (Wildman–Crippen LogP) is 3.26. The Kier molecular flexibility index (Phi) is 4.74. The van der Waals surface area contributed by atoms with E-state index in [9.17, 15) is 9.50 Å². The molecule has 2 aliphatic rings. The van der Waals surface area contributed by atoms with E-state index in [1.807, 2.05) is 0 Å². The maximum Gasteiger partial charge on any atom is 0.194 e. The lowest BCUT2D eigenvalue weighted by Gasteiger charge is -2.26. The van der Waals surface area contributed by atoms with Gasteiger partial charge in [-0.05, 0) is 49.3 Å². The molecule has 5 heteroatoms. The molecule has 0 amide bonds. The van der Waals surface area contributed by atoms with Gasteiger partial charge in [-0.25, -0.2) is 9.38 Å². The molecular formula is C18H26FN3O. The molecule has 3 rings (SSSR count). The van der Waals surface area contributed by atoms with E-state index in [0.717, 1.165) is 31.2 Å². The molecule has 2 N–H and O–H groups in total. The first kappa shape index (κ1) is 16.1. The highest BCUT2D eigenvalue weighted by Crippen LogP contribution is 2.45. The molecule has 1 aromatic carbocycles. The van der Waals surface area contributed by atoms with Crippen LogP contribution in [0.2, 0.25) is 0 Å². The number of guanidine groups is 1. The third-order valence-corrected chi connectivity index (χ3v) is 5.16. The Bertz CT molecular complexity index is 582. The normalized spacial score (nSPS) is 20.4. The summed E-state index contributed by atoms with van der Waals surface area (Å²) in [6.45, 7) is 5.45. The number of nitrogens with one attached hydrogen (secondary N) is 1. The van der Waals surface area contributed by atoms with Crippen molar-refractivity contribution in [2.24, 2.45) is 10.4 Å². The zero-order valence-corrected chi connectivity index (χ0v) is 13.8. The summed E-state index contributed by atoms with van der Waals surface area (Å²) in [4.78, 5) is 7.03. The Morgan fingerprint density at radius 2 is 2.13 bits per heavy atom. The van der Waals surface area contributed by atoms with Crippen LogP contribution in [0, 0.1) is 11.2 Å². The van der Waals surface area contributed by atoms with Crippen molar-refractivity contribution in [3.05, 3.63) is 29.6 Å². The molecule has 0 radical (unpaired) electrons. The van der Waals surface area contributed by atoms with Crippen molar-refractivity contribution in [2.75, 3.05) is 19.6 Å². The van der Waals surface area contributed by atoms with Crippen molar-refractivity contribution in [3.8, 4) is 5.75 Å². The number of aliphatic imine (C=N–C) groups is 1. The third-order valence-electron chi connectivity index (χ3n) is 5.16. The molecule has 1 aliphatic carbocycles. The van der Waals surface area contributed by atoms with Gasteiger partial charge in [0.15, 0.2) is 17.5 Å². The minimum absolute atomic E-state index is 0.313. The van der Waals surface area contributed by atoms with E-state index in [-0.39, 0.29) is 5.75 Å². The maximum atomic E-state index is 13.4. The number of phenols is 1. The molecule has 1 heterocycles. The van der Waals surface area contributed by atoms with E-state index in [0.29, 0.717) is 12.0 Å². The van der Waals surface area contributed by atoms with Crippen LogP contribution in [0.5, 0.6) is 5.75 Å². The van der Waals surface area contributed by atoms with E-state index >= 15 is 0 Å². The van der Waals surface area contributed by atoms with Crippen LogP contribution < -0.4 is 5.32 Å². The van der Waals surface area contributed by atoms with Crippen LogP contribution >= 0.6 is 0 Å². The zero-order valence-electron chi connectivity index (χ0n) is 13.8. The quantitative estimate of drug-likeness (QED) is 0.664. The van der Waals surface area contributed by atoms with Crippen molar-refractivity contribution < 1.29 is 9.50 Å². The number of benzene rings is 1. The molecule has 1 aromatic rings. The van der Waals surface area contributed by atoms with E-state index in [4.69, 9.17) is 0 Å². The molecular weight excluding hydrogens is 293 g/mol. The molecule has 1 aliphatic heterocycles. The average molecular weight is 319 g/mol. The minimum Gasteiger partial charge on any atom is -0.505 e. The molecule has 1 saturated carbocycles. The summed E-state index contributed by atoms with van der Waals surface area (Å²) in [5.74, 6) is 0.0193. The fourth-order valence-electron chi connectivity index (χ4n) is 3.89. The van der Waals surface area contributed by atoms with Gasteiger partial charge in [-0.2, -0.15) is 0 Å². The highest BCUT2D eigenvalue weighted by atomic mass is 19.1. The molecule has 0 atom stereocenters. The van der Waals surface area contributed by atoms with Crippen LogP contribution in [0.15, 0.2) is 23.2 Å². The van der Waals surface area contributed by atoms with Crippen molar-refractivity contribution >= 4 is 5.96 Å². The SMILES string of the molecule is CCNC(=NCc1ccc(O)c(F)c1)N1CCC2(CCCC2)C1. The average Bonchev–Trinajstić information content (AvgIpc) is 3.17. The van der Waals surface area contributed by atoms with Crippen LogP contribution in [-0.4, -0.2) is 35.6 Å². The summed E-state index contributed by atoms with van der Waals surface area (Å²) < 4.78 is 13.4. The van der Waals surface area contributed by atoms with Crippen molar-refractivity contribution in [2.45, 2.75) is 45.6 Å². The first-order chi connectivity index (χ1) is 11.1. The fourth-order valence-corrected chi connectivity index (χ4v) is 3.89. The lowest BCUT2D eigenvalue weighted by atomic mass is 9.86. The molecule has 0 aromatic heterocycles. The minimum atomic E-state index is -0.589. The van der Waals surface area contributed by atoms with Gasteiger partial charge in [0.2, 0.25) is 0 Å². The molecule has 4 nitrogen and oxygen atoms in total. The first-order valence-electron chi connectivity index (χ1n) is 8.62. The zero-order chi connectivity index (χ0) is 16.3. The highest BCUT2D eigenvalue weighted by molar-refractivity contribution is 5.80. The van der Waals surface area contributed by atoms with E-state index in [1.165, 1.54) is 44.2 Å². The number of halogens is 1. The second kappa shape index (κ2) is 6.77. The van der Waals surface area contributed by atoms with Gasteiger partial charge in [0.05, 0.1) is 6.54 Å². The van der Waals surface area contributed by atoms with Crippen LogP contribution in [0.25, 0.3) is 0 Å². The smallest absolute Gasteiger partial charge is 0.194 e. The van der Waals surface area contributed by atoms with Crippen molar-refractivity contribution in [1.29, 1.82) is 0 Å². The number of phenolic OH excluding ortho intramolecular Hbond substituents is 1. The van der Waals surface area contributed by atoms with Gasteiger partial charge in [-0.15, -0.1) is 0 Å². The largest absolute Gasteiger partial charge is 0.505 e. The van der Waals surface area contributed by atoms with Crippen molar-refractivity contribution in [1.82, 2.24) is 10.2 Å². The monoisotopic (exact) mass is 319 g/mol. The number of hydrogen-bond acceptors (Lipinski definition) is 2. The van der Waals surface area contributed by atoms with Crippen LogP contribution in [0.4, 0.5) is 4.39 Å². The predicted molar refractivity (Wildman–Crippen MR) is 90.0 cm³/mol. The second-order valence-corrected chi connectivity index (χ2v) is 6.83. The van der Waals surface area contributed by atoms with Gasteiger partial charge in [0.25, 0.3) is 0 Å². The van der Waals surface area contributed by atoms with E-state index < -0.39 is 5.82 Å². The summed E-state index contributed by atoms with van der Waals surface area (Å²) in [6, 6.07) is 4.45. The molecule has 126 valence electrons. The summed E-state index contributed by atoms with van der Waals surface area (Å²) in [7, 11) is 0. The summed E-state index contributed by atoms with van der Waals surface area (Å²) in [5.41, 5.74) is 1.27. The number of aromatic hydroxyl groups is 1. The summed E-state index contributed by atoms with van der Waals surface area (Å²) in [5, 5.41) is 12.6. The molecule has 1 spiro atoms. The Morgan fingerprint density at radius 1 is 1.35 bits per heavy atom. The lowest BCUT2D eigenvalue weighted by molar-refractivity contribution is 0.309. The summed E-state index contributed by atoms with van der Waals surface area (Å²) in [6.07, 6.45) is 6.64. The Morgan fingerprint density at radius 3 is 2.83 bits per heavy atom. The maximum absolute atomic E-state index is 13.4. The number of likely N-dealkylation sites (tertiary alicyclic amines) is 1. The van der Waals surface area contributed by atoms with Gasteiger partial charge in [-0.3, -0.25) is 0 Å². The van der Waals surface area contributed by atoms with Gasteiger partial charge in [0, 0.05) is 19.6 Å². The summed E-state index contributed by atoms with van der Waals surface area (Å²) >= 11 is 0. The highest BCUT2D eigenvalue weighted by Gasteiger charge is 2.41. The Hall–Kier alpha value is -1.78. The number of nitrogens with zero attached hydrogens (tertiary/aromatic N) is 2. The second-order valence-electron chi connectivity index (χ2n) is 6.83. The Balaban J connectivity index is 1.69. The fraction of sp³-hybridized carbons (Fsp3) is 0.611. The van der Waals surface area contributed by atoms with Gasteiger partial charge in [-0.1, -0.05) is 18.9 Å². The molecule has 23 heavy (non-hydrogen) atoms. The van der Waals surface area contributed by atoms with Gasteiger partial charge in [0.1, 0.15) is 0 Å². The van der Waals surface area contributed by atoms with Crippen LogP contribution in [-0.2, 0) is 6.54 Å². The molecule has 1 saturated heterocycles.